The van der Waals surface area contributed by atoms with Gasteiger partial charge in [-0.2, -0.15) is 4.31 Å². The van der Waals surface area contributed by atoms with Crippen molar-refractivity contribution < 1.29 is 13.2 Å². The highest BCUT2D eigenvalue weighted by Crippen LogP contribution is 2.27. The fourth-order valence-electron chi connectivity index (χ4n) is 5.54. The summed E-state index contributed by atoms with van der Waals surface area (Å²) < 4.78 is 30.2. The van der Waals surface area contributed by atoms with Gasteiger partial charge in [0, 0.05) is 19.6 Å². The van der Waals surface area contributed by atoms with Crippen molar-refractivity contribution in [3.8, 4) is 0 Å². The third kappa shape index (κ3) is 7.32. The van der Waals surface area contributed by atoms with E-state index in [0.717, 1.165) is 30.5 Å². The normalized spacial score (nSPS) is 21.4. The molecule has 2 aliphatic rings. The van der Waals surface area contributed by atoms with E-state index < -0.39 is 16.1 Å². The van der Waals surface area contributed by atoms with Gasteiger partial charge in [-0.05, 0) is 42.2 Å². The summed E-state index contributed by atoms with van der Waals surface area (Å²) in [5.41, 5.74) is 2.66. The van der Waals surface area contributed by atoms with Crippen LogP contribution in [0.3, 0.4) is 0 Å². The summed E-state index contributed by atoms with van der Waals surface area (Å²) in [5, 5.41) is 8.62. The molecule has 9 heteroatoms. The Morgan fingerprint density at radius 3 is 2.50 bits per heavy atom. The maximum absolute atomic E-state index is 13.8. The Labute approximate surface area is 228 Å². The second-order valence-electron chi connectivity index (χ2n) is 11.2. The van der Waals surface area contributed by atoms with Crippen LogP contribution >= 0.6 is 0 Å². The first-order chi connectivity index (χ1) is 18.3. The Bertz CT molecular complexity index is 1180. The van der Waals surface area contributed by atoms with Crippen molar-refractivity contribution >= 4 is 22.0 Å². The number of unbranched alkanes of at least 4 members (excludes halogenated alkanes) is 1. The molecule has 2 fully saturated rings. The molecule has 1 saturated heterocycles. The maximum Gasteiger partial charge on any atom is 0.241 e. The number of carbonyl (C=O) groups is 1. The lowest BCUT2D eigenvalue weighted by atomic mass is 9.89. The van der Waals surface area contributed by atoms with Crippen LogP contribution in [0.15, 0.2) is 36.5 Å². The van der Waals surface area contributed by atoms with Gasteiger partial charge in [0.05, 0.1) is 18.5 Å². The van der Waals surface area contributed by atoms with Crippen molar-refractivity contribution in [2.24, 2.45) is 11.8 Å². The van der Waals surface area contributed by atoms with Crippen LogP contribution in [0.1, 0.15) is 82.5 Å². The van der Waals surface area contributed by atoms with Gasteiger partial charge in [-0.1, -0.05) is 88.1 Å². The lowest BCUT2D eigenvalue weighted by Gasteiger charge is -2.32. The number of hydrogen-bond acceptors (Lipinski definition) is 5. The molecule has 0 spiro atoms. The molecule has 2 aromatic rings. The number of nitrogens with zero attached hydrogens (tertiary/aromatic N) is 5. The van der Waals surface area contributed by atoms with Gasteiger partial charge in [-0.25, -0.2) is 8.42 Å². The second kappa shape index (κ2) is 13.0. The molecular weight excluding hydrogens is 498 g/mol. The van der Waals surface area contributed by atoms with Crippen LogP contribution in [-0.4, -0.2) is 56.9 Å². The Kier molecular flexibility index (Phi) is 9.76. The van der Waals surface area contributed by atoms with Gasteiger partial charge in [0.2, 0.25) is 15.9 Å². The number of benzene rings is 1. The number of carbonyl (C=O) groups excluding carboxylic acids is 1. The lowest BCUT2D eigenvalue weighted by Crippen LogP contribution is -2.49. The largest absolute Gasteiger partial charge is 0.334 e. The van der Waals surface area contributed by atoms with E-state index in [-0.39, 0.29) is 37.2 Å². The Hall–Kier alpha value is -2.52. The first-order valence-electron chi connectivity index (χ1n) is 14.2. The van der Waals surface area contributed by atoms with Crippen molar-refractivity contribution in [3.63, 3.8) is 0 Å². The van der Waals surface area contributed by atoms with Crippen molar-refractivity contribution in [2.75, 3.05) is 12.3 Å². The molecule has 208 valence electrons. The predicted molar refractivity (Wildman–Crippen MR) is 150 cm³/mol. The van der Waals surface area contributed by atoms with Crippen LogP contribution in [0.5, 0.6) is 0 Å². The molecule has 1 saturated carbocycles. The predicted octanol–water partition coefficient (Wildman–Crippen LogP) is 4.87. The third-order valence-corrected chi connectivity index (χ3v) is 9.44. The molecule has 4 rings (SSSR count). The molecule has 1 amide bonds. The van der Waals surface area contributed by atoms with Crippen LogP contribution in [0.4, 0.5) is 0 Å². The first-order valence-corrected chi connectivity index (χ1v) is 15.8. The van der Waals surface area contributed by atoms with E-state index >= 15 is 0 Å². The number of rotatable bonds is 10. The van der Waals surface area contributed by atoms with E-state index in [0.29, 0.717) is 11.6 Å². The van der Waals surface area contributed by atoms with Crippen molar-refractivity contribution in [1.82, 2.24) is 24.2 Å². The van der Waals surface area contributed by atoms with Crippen LogP contribution in [0.25, 0.3) is 6.08 Å². The maximum atomic E-state index is 13.8. The number of hydrogen-bond donors (Lipinski definition) is 0. The average Bonchev–Trinajstić information content (AvgIpc) is 3.30. The first kappa shape index (κ1) is 28.5. The quantitative estimate of drug-likeness (QED) is 0.428. The Morgan fingerprint density at radius 1 is 1.08 bits per heavy atom. The molecule has 1 aromatic carbocycles. The van der Waals surface area contributed by atoms with Crippen molar-refractivity contribution in [2.45, 2.75) is 91.4 Å². The molecule has 0 radical (unpaired) electrons. The number of amides is 1. The minimum Gasteiger partial charge on any atom is -0.334 e. The molecule has 0 N–H and O–H groups in total. The molecule has 1 unspecified atom stereocenters. The van der Waals surface area contributed by atoms with E-state index in [2.05, 4.69) is 29.4 Å². The van der Waals surface area contributed by atoms with Gasteiger partial charge in [-0.3, -0.25) is 9.48 Å². The highest BCUT2D eigenvalue weighted by molar-refractivity contribution is 7.89. The second-order valence-corrected chi connectivity index (χ2v) is 13.2. The molecule has 8 nitrogen and oxygen atoms in total. The van der Waals surface area contributed by atoms with Crippen molar-refractivity contribution in [1.29, 1.82) is 0 Å². The molecule has 1 aliphatic carbocycles. The Morgan fingerprint density at radius 2 is 1.82 bits per heavy atom. The molecule has 0 bridgehead atoms. The fraction of sp³-hybridized carbons (Fsp3) is 0.621. The zero-order valence-electron chi connectivity index (χ0n) is 23.1. The zero-order valence-corrected chi connectivity index (χ0v) is 23.9. The van der Waals surface area contributed by atoms with Gasteiger partial charge in [0.25, 0.3) is 0 Å². The molecule has 1 aliphatic heterocycles. The van der Waals surface area contributed by atoms with E-state index in [1.54, 1.807) is 4.90 Å². The SMILES string of the molecule is CCC/C=C/c1ccc(CN2C(C(C)C)C(=O)N(Cc3cn(CC4CCCCC4)nn3)CCS2(=O)=O)cc1. The molecule has 1 atom stereocenters. The van der Waals surface area contributed by atoms with E-state index in [1.165, 1.54) is 36.4 Å². The summed E-state index contributed by atoms with van der Waals surface area (Å²) in [7, 11) is -3.64. The number of allylic oxidation sites excluding steroid dienone is 1. The van der Waals surface area contributed by atoms with Gasteiger partial charge >= 0.3 is 0 Å². The van der Waals surface area contributed by atoms with Crippen LogP contribution < -0.4 is 0 Å². The summed E-state index contributed by atoms with van der Waals surface area (Å²) in [6.07, 6.45) is 14.6. The van der Waals surface area contributed by atoms with Gasteiger partial charge < -0.3 is 4.90 Å². The monoisotopic (exact) mass is 541 g/mol. The van der Waals surface area contributed by atoms with E-state index in [1.807, 2.05) is 49.0 Å². The minimum absolute atomic E-state index is 0.101. The van der Waals surface area contributed by atoms with Gasteiger partial charge in [0.1, 0.15) is 11.7 Å². The van der Waals surface area contributed by atoms with Crippen LogP contribution in [0.2, 0.25) is 0 Å². The lowest BCUT2D eigenvalue weighted by molar-refractivity contribution is -0.136. The van der Waals surface area contributed by atoms with Crippen LogP contribution in [-0.2, 0) is 34.5 Å². The standard InChI is InChI=1S/C29H43N5O3S/c1-4-5-7-10-24-13-15-26(16-14-24)20-34-28(23(2)3)29(35)32(17-18-38(34,36)37)21-27-22-33(31-30-27)19-25-11-8-6-9-12-25/h7,10,13-16,22-23,25,28H,4-6,8-9,11-12,17-21H2,1-3H3/b10-7+. The van der Waals surface area contributed by atoms with Gasteiger partial charge in [0.15, 0.2) is 0 Å². The minimum atomic E-state index is -3.64. The molecule has 38 heavy (non-hydrogen) atoms. The fourth-order valence-corrected chi connectivity index (χ4v) is 7.25. The molecule has 1 aromatic heterocycles. The number of sulfonamides is 1. The molecular formula is C29H43N5O3S. The summed E-state index contributed by atoms with van der Waals surface area (Å²) in [6.45, 7) is 7.43. The summed E-state index contributed by atoms with van der Waals surface area (Å²) in [4.78, 5) is 15.4. The average molecular weight is 542 g/mol. The van der Waals surface area contributed by atoms with Gasteiger partial charge in [-0.15, -0.1) is 5.10 Å². The summed E-state index contributed by atoms with van der Waals surface area (Å²) in [5.74, 6) is 0.192. The van der Waals surface area contributed by atoms with Crippen LogP contribution in [0, 0.1) is 11.8 Å². The topological polar surface area (TPSA) is 88.4 Å². The smallest absolute Gasteiger partial charge is 0.241 e. The Balaban J connectivity index is 1.47. The summed E-state index contributed by atoms with van der Waals surface area (Å²) >= 11 is 0. The summed E-state index contributed by atoms with van der Waals surface area (Å²) in [6, 6.07) is 7.15. The highest BCUT2D eigenvalue weighted by Gasteiger charge is 2.42. The van der Waals surface area contributed by atoms with Crippen molar-refractivity contribution in [3.05, 3.63) is 53.4 Å². The number of aromatic nitrogens is 3. The van der Waals surface area contributed by atoms with E-state index in [4.69, 9.17) is 0 Å². The zero-order chi connectivity index (χ0) is 27.1. The van der Waals surface area contributed by atoms with E-state index in [9.17, 15) is 13.2 Å². The third-order valence-electron chi connectivity index (χ3n) is 7.68. The molecule has 2 heterocycles. The highest BCUT2D eigenvalue weighted by atomic mass is 32.2.